The molecule has 0 aliphatic rings. The zero-order valence-electron chi connectivity index (χ0n) is 14.9. The number of carbonyl (C=O) groups excluding carboxylic acids is 1. The number of nitrogens with zero attached hydrogens (tertiary/aromatic N) is 2. The smallest absolute Gasteiger partial charge is 0.336 e. The van der Waals surface area contributed by atoms with Crippen molar-refractivity contribution < 1.29 is 18.0 Å². The normalized spacial score (nSPS) is 11.6. The van der Waals surface area contributed by atoms with Gasteiger partial charge in [0.05, 0.1) is 11.0 Å². The molecule has 0 aliphatic carbocycles. The van der Waals surface area contributed by atoms with E-state index in [4.69, 9.17) is 0 Å². The summed E-state index contributed by atoms with van der Waals surface area (Å²) in [5.74, 6) is -0.972. The summed E-state index contributed by atoms with van der Waals surface area (Å²) in [6, 6.07) is 11.6. The van der Waals surface area contributed by atoms with Crippen LogP contribution in [0.5, 0.6) is 0 Å². The van der Waals surface area contributed by atoms with Gasteiger partial charge in [-0.05, 0) is 37.1 Å². The number of amides is 2. The van der Waals surface area contributed by atoms with Gasteiger partial charge in [-0.2, -0.15) is 13.2 Å². The fourth-order valence-electron chi connectivity index (χ4n) is 2.97. The lowest BCUT2D eigenvalue weighted by molar-refractivity contribution is -0.146. The molecule has 0 saturated carbocycles. The van der Waals surface area contributed by atoms with Gasteiger partial charge in [0.15, 0.2) is 0 Å². The van der Waals surface area contributed by atoms with Gasteiger partial charge in [0, 0.05) is 18.8 Å². The SMILES string of the molecule is Cc1cccc(C)c1NC(=O)NCCn1c(C(F)(F)F)nc2ccccc21. The van der Waals surface area contributed by atoms with Crippen LogP contribution in [-0.4, -0.2) is 22.1 Å². The monoisotopic (exact) mass is 376 g/mol. The number of aryl methyl sites for hydroxylation is 2. The molecular weight excluding hydrogens is 357 g/mol. The molecular formula is C19H19F3N4O. The number of urea groups is 1. The molecule has 2 N–H and O–H groups in total. The molecule has 27 heavy (non-hydrogen) atoms. The van der Waals surface area contributed by atoms with Crippen LogP contribution in [-0.2, 0) is 12.7 Å². The summed E-state index contributed by atoms with van der Waals surface area (Å²) >= 11 is 0. The van der Waals surface area contributed by atoms with Crippen LogP contribution in [0.15, 0.2) is 42.5 Å². The first-order valence-electron chi connectivity index (χ1n) is 8.41. The molecule has 0 unspecified atom stereocenters. The topological polar surface area (TPSA) is 59.0 Å². The lowest BCUT2D eigenvalue weighted by Crippen LogP contribution is -2.32. The van der Waals surface area contributed by atoms with Crippen molar-refractivity contribution in [2.24, 2.45) is 0 Å². The number of rotatable bonds is 4. The van der Waals surface area contributed by atoms with E-state index in [1.165, 1.54) is 6.07 Å². The van der Waals surface area contributed by atoms with Crippen molar-refractivity contribution in [3.63, 3.8) is 0 Å². The highest BCUT2D eigenvalue weighted by Crippen LogP contribution is 2.31. The standard InChI is InChI=1S/C19H19F3N4O/c1-12-6-5-7-13(2)16(12)25-18(27)23-10-11-26-15-9-4-3-8-14(15)24-17(26)19(20,21)22/h3-9H,10-11H2,1-2H3,(H2,23,25,27). The molecule has 0 saturated heterocycles. The van der Waals surface area contributed by atoms with Gasteiger partial charge in [-0.15, -0.1) is 0 Å². The zero-order chi connectivity index (χ0) is 19.6. The zero-order valence-corrected chi connectivity index (χ0v) is 14.9. The Morgan fingerprint density at radius 1 is 1.07 bits per heavy atom. The van der Waals surface area contributed by atoms with E-state index >= 15 is 0 Å². The number of hydrogen-bond donors (Lipinski definition) is 2. The Hall–Kier alpha value is -3.03. The molecule has 0 spiro atoms. The van der Waals surface area contributed by atoms with Crippen LogP contribution < -0.4 is 10.6 Å². The quantitative estimate of drug-likeness (QED) is 0.705. The van der Waals surface area contributed by atoms with E-state index < -0.39 is 18.0 Å². The van der Waals surface area contributed by atoms with Crippen LogP contribution in [0, 0.1) is 13.8 Å². The average molecular weight is 376 g/mol. The number of carbonyl (C=O) groups is 1. The van der Waals surface area contributed by atoms with Crippen molar-refractivity contribution in [2.45, 2.75) is 26.6 Å². The Balaban J connectivity index is 1.71. The summed E-state index contributed by atoms with van der Waals surface area (Å²) in [5, 5.41) is 5.34. The Morgan fingerprint density at radius 3 is 2.41 bits per heavy atom. The highest BCUT2D eigenvalue weighted by atomic mass is 19.4. The molecule has 0 atom stereocenters. The van der Waals surface area contributed by atoms with Gasteiger partial charge in [0.2, 0.25) is 5.82 Å². The van der Waals surface area contributed by atoms with Crippen molar-refractivity contribution in [1.82, 2.24) is 14.9 Å². The molecule has 0 fully saturated rings. The third-order valence-corrected chi connectivity index (χ3v) is 4.25. The maximum absolute atomic E-state index is 13.3. The van der Waals surface area contributed by atoms with Crippen molar-refractivity contribution in [2.75, 3.05) is 11.9 Å². The van der Waals surface area contributed by atoms with Crippen LogP contribution in [0.1, 0.15) is 17.0 Å². The number of halogens is 3. The van der Waals surface area contributed by atoms with E-state index in [0.717, 1.165) is 15.7 Å². The van der Waals surface area contributed by atoms with Gasteiger partial charge in [0.25, 0.3) is 0 Å². The molecule has 0 radical (unpaired) electrons. The summed E-state index contributed by atoms with van der Waals surface area (Å²) in [6.07, 6.45) is -4.57. The van der Waals surface area contributed by atoms with Gasteiger partial charge >= 0.3 is 12.2 Å². The Morgan fingerprint density at radius 2 is 1.74 bits per heavy atom. The second-order valence-corrected chi connectivity index (χ2v) is 6.22. The van der Waals surface area contributed by atoms with E-state index in [1.54, 1.807) is 18.2 Å². The molecule has 0 bridgehead atoms. The fraction of sp³-hybridized carbons (Fsp3) is 0.263. The molecule has 0 aliphatic heterocycles. The van der Waals surface area contributed by atoms with Gasteiger partial charge < -0.3 is 15.2 Å². The number of fused-ring (bicyclic) bond motifs is 1. The van der Waals surface area contributed by atoms with E-state index in [0.29, 0.717) is 11.2 Å². The number of nitrogens with one attached hydrogen (secondary N) is 2. The Bertz CT molecular complexity index is 958. The molecule has 2 aromatic carbocycles. The van der Waals surface area contributed by atoms with Crippen molar-refractivity contribution in [1.29, 1.82) is 0 Å². The van der Waals surface area contributed by atoms with Gasteiger partial charge in [-0.1, -0.05) is 30.3 Å². The highest BCUT2D eigenvalue weighted by molar-refractivity contribution is 5.91. The predicted molar refractivity (Wildman–Crippen MR) is 97.7 cm³/mol. The predicted octanol–water partition coefficient (Wildman–Crippen LogP) is 4.49. The second-order valence-electron chi connectivity index (χ2n) is 6.22. The summed E-state index contributed by atoms with van der Waals surface area (Å²) in [5.41, 5.74) is 3.15. The molecule has 5 nitrogen and oxygen atoms in total. The van der Waals surface area contributed by atoms with Crippen LogP contribution in [0.3, 0.4) is 0 Å². The average Bonchev–Trinajstić information content (AvgIpc) is 2.98. The third-order valence-electron chi connectivity index (χ3n) is 4.25. The van der Waals surface area contributed by atoms with Crippen molar-refractivity contribution >= 4 is 22.8 Å². The number of imidazole rings is 1. The molecule has 2 amide bonds. The first-order chi connectivity index (χ1) is 12.8. The fourth-order valence-corrected chi connectivity index (χ4v) is 2.97. The van der Waals surface area contributed by atoms with Gasteiger partial charge in [0.1, 0.15) is 0 Å². The number of alkyl halides is 3. The van der Waals surface area contributed by atoms with Crippen LogP contribution >= 0.6 is 0 Å². The second kappa shape index (κ2) is 7.30. The number of hydrogen-bond acceptors (Lipinski definition) is 2. The van der Waals surface area contributed by atoms with Crippen molar-refractivity contribution in [3.05, 3.63) is 59.4 Å². The molecule has 142 valence electrons. The largest absolute Gasteiger partial charge is 0.449 e. The van der Waals surface area contributed by atoms with E-state index in [1.807, 2.05) is 32.0 Å². The van der Waals surface area contributed by atoms with Gasteiger partial charge in [-0.25, -0.2) is 9.78 Å². The lowest BCUT2D eigenvalue weighted by atomic mass is 10.1. The van der Waals surface area contributed by atoms with E-state index in [2.05, 4.69) is 15.6 Å². The maximum Gasteiger partial charge on any atom is 0.449 e. The van der Waals surface area contributed by atoms with Crippen LogP contribution in [0.2, 0.25) is 0 Å². The minimum atomic E-state index is -4.57. The number of para-hydroxylation sites is 3. The van der Waals surface area contributed by atoms with Crippen LogP contribution in [0.25, 0.3) is 11.0 Å². The Kier molecular flexibility index (Phi) is 5.07. The minimum Gasteiger partial charge on any atom is -0.336 e. The summed E-state index contributed by atoms with van der Waals surface area (Å²) in [4.78, 5) is 15.8. The number of anilines is 1. The minimum absolute atomic E-state index is 0.0280. The molecule has 3 rings (SSSR count). The lowest BCUT2D eigenvalue weighted by Gasteiger charge is -2.14. The third kappa shape index (κ3) is 4.05. The molecule has 3 aromatic rings. The van der Waals surface area contributed by atoms with E-state index in [9.17, 15) is 18.0 Å². The summed E-state index contributed by atoms with van der Waals surface area (Å²) in [6.45, 7) is 3.72. The first-order valence-corrected chi connectivity index (χ1v) is 8.41. The maximum atomic E-state index is 13.3. The number of benzene rings is 2. The van der Waals surface area contributed by atoms with Crippen LogP contribution in [0.4, 0.5) is 23.7 Å². The summed E-state index contributed by atoms with van der Waals surface area (Å²) in [7, 11) is 0. The Labute approximate surface area is 154 Å². The molecule has 1 aromatic heterocycles. The highest BCUT2D eigenvalue weighted by Gasteiger charge is 2.37. The molecule has 8 heteroatoms. The van der Waals surface area contributed by atoms with Crippen molar-refractivity contribution in [3.8, 4) is 0 Å². The molecule has 1 heterocycles. The first kappa shape index (κ1) is 18.8. The number of aromatic nitrogens is 2. The summed E-state index contributed by atoms with van der Waals surface area (Å²) < 4.78 is 40.9. The van der Waals surface area contributed by atoms with E-state index in [-0.39, 0.29) is 18.6 Å². The van der Waals surface area contributed by atoms with Gasteiger partial charge in [-0.3, -0.25) is 0 Å².